The van der Waals surface area contributed by atoms with Gasteiger partial charge in [0.05, 0.1) is 6.54 Å². The predicted octanol–water partition coefficient (Wildman–Crippen LogP) is 3.26. The SMILES string of the molecule is O[C@@]1(C#CCN2CCCCC2)c2ccccc2[C@H]2CCC[C@@H]21. The van der Waals surface area contributed by atoms with E-state index >= 15 is 0 Å². The van der Waals surface area contributed by atoms with Crippen LogP contribution in [0.1, 0.15) is 55.6 Å². The van der Waals surface area contributed by atoms with Gasteiger partial charge in [0.2, 0.25) is 0 Å². The molecule has 1 heterocycles. The van der Waals surface area contributed by atoms with Crippen molar-refractivity contribution < 1.29 is 5.11 Å². The highest BCUT2D eigenvalue weighted by Crippen LogP contribution is 2.56. The zero-order chi connectivity index (χ0) is 15.0. The average molecular weight is 295 g/mol. The summed E-state index contributed by atoms with van der Waals surface area (Å²) in [5.74, 6) is 7.44. The van der Waals surface area contributed by atoms with Crippen molar-refractivity contribution in [3.8, 4) is 11.8 Å². The summed E-state index contributed by atoms with van der Waals surface area (Å²) >= 11 is 0. The number of likely N-dealkylation sites (tertiary alicyclic amines) is 1. The van der Waals surface area contributed by atoms with Crippen molar-refractivity contribution in [2.75, 3.05) is 19.6 Å². The number of fused-ring (bicyclic) bond motifs is 3. The first-order chi connectivity index (χ1) is 10.8. The Morgan fingerprint density at radius 3 is 2.77 bits per heavy atom. The van der Waals surface area contributed by atoms with Gasteiger partial charge in [-0.3, -0.25) is 4.90 Å². The lowest BCUT2D eigenvalue weighted by Crippen LogP contribution is -2.32. The fourth-order valence-corrected chi connectivity index (χ4v) is 4.76. The van der Waals surface area contributed by atoms with E-state index in [4.69, 9.17) is 0 Å². The third-order valence-corrected chi connectivity index (χ3v) is 5.85. The van der Waals surface area contributed by atoms with Crippen molar-refractivity contribution >= 4 is 0 Å². The van der Waals surface area contributed by atoms with E-state index in [1.165, 1.54) is 37.7 Å². The lowest BCUT2D eigenvalue weighted by atomic mass is 9.85. The minimum Gasteiger partial charge on any atom is -0.373 e. The molecule has 116 valence electrons. The molecule has 0 amide bonds. The van der Waals surface area contributed by atoms with Crippen LogP contribution in [0.4, 0.5) is 0 Å². The first-order valence-electron chi connectivity index (χ1n) is 8.83. The van der Waals surface area contributed by atoms with Gasteiger partial charge in [0.15, 0.2) is 5.60 Å². The largest absolute Gasteiger partial charge is 0.373 e. The summed E-state index contributed by atoms with van der Waals surface area (Å²) in [6, 6.07) is 8.42. The molecule has 0 spiro atoms. The molecule has 22 heavy (non-hydrogen) atoms. The van der Waals surface area contributed by atoms with Gasteiger partial charge in [-0.2, -0.15) is 0 Å². The summed E-state index contributed by atoms with van der Waals surface area (Å²) in [4.78, 5) is 2.42. The molecular formula is C20H25NO. The summed E-state index contributed by atoms with van der Waals surface area (Å²) in [7, 11) is 0. The van der Waals surface area contributed by atoms with Crippen molar-refractivity contribution in [1.29, 1.82) is 0 Å². The van der Waals surface area contributed by atoms with E-state index in [9.17, 15) is 5.11 Å². The molecule has 2 fully saturated rings. The van der Waals surface area contributed by atoms with Crippen LogP contribution in [0.25, 0.3) is 0 Å². The van der Waals surface area contributed by atoms with Gasteiger partial charge in [-0.25, -0.2) is 0 Å². The Bertz CT molecular complexity index is 608. The van der Waals surface area contributed by atoms with Crippen LogP contribution in [-0.4, -0.2) is 29.6 Å². The average Bonchev–Trinajstić information content (AvgIpc) is 3.13. The van der Waals surface area contributed by atoms with Gasteiger partial charge in [-0.05, 0) is 55.8 Å². The van der Waals surface area contributed by atoms with Crippen molar-refractivity contribution in [3.63, 3.8) is 0 Å². The van der Waals surface area contributed by atoms with Gasteiger partial charge in [-0.15, -0.1) is 0 Å². The number of hydrogen-bond donors (Lipinski definition) is 1. The molecule has 1 aromatic carbocycles. The molecule has 2 heteroatoms. The lowest BCUT2D eigenvalue weighted by Gasteiger charge is -2.26. The summed E-state index contributed by atoms with van der Waals surface area (Å²) in [5, 5.41) is 11.4. The molecule has 2 nitrogen and oxygen atoms in total. The van der Waals surface area contributed by atoms with Gasteiger partial charge < -0.3 is 5.11 Å². The second-order valence-corrected chi connectivity index (χ2v) is 7.14. The van der Waals surface area contributed by atoms with Crippen LogP contribution in [0.2, 0.25) is 0 Å². The molecule has 1 saturated carbocycles. The fourth-order valence-electron chi connectivity index (χ4n) is 4.76. The highest BCUT2D eigenvalue weighted by molar-refractivity contribution is 5.48. The van der Waals surface area contributed by atoms with Gasteiger partial charge in [-0.1, -0.05) is 48.9 Å². The van der Waals surface area contributed by atoms with Crippen LogP contribution < -0.4 is 0 Å². The fraction of sp³-hybridized carbons (Fsp3) is 0.600. The number of nitrogens with zero attached hydrogens (tertiary/aromatic N) is 1. The summed E-state index contributed by atoms with van der Waals surface area (Å²) in [6.07, 6.45) is 7.47. The van der Waals surface area contributed by atoms with Gasteiger partial charge in [0.1, 0.15) is 0 Å². The van der Waals surface area contributed by atoms with E-state index in [-0.39, 0.29) is 0 Å². The van der Waals surface area contributed by atoms with Crippen molar-refractivity contribution in [2.24, 2.45) is 5.92 Å². The highest BCUT2D eigenvalue weighted by atomic mass is 16.3. The molecule has 1 N–H and O–H groups in total. The minimum absolute atomic E-state index is 0.304. The Morgan fingerprint density at radius 1 is 1.09 bits per heavy atom. The summed E-state index contributed by atoms with van der Waals surface area (Å²) in [5.41, 5.74) is 1.52. The second-order valence-electron chi connectivity index (χ2n) is 7.14. The maximum absolute atomic E-state index is 11.4. The number of hydrogen-bond acceptors (Lipinski definition) is 2. The summed E-state index contributed by atoms with van der Waals surface area (Å²) in [6.45, 7) is 3.13. The first-order valence-corrected chi connectivity index (χ1v) is 8.83. The van der Waals surface area contributed by atoms with Gasteiger partial charge in [0.25, 0.3) is 0 Å². The van der Waals surface area contributed by atoms with E-state index in [1.807, 2.05) is 6.07 Å². The monoisotopic (exact) mass is 295 g/mol. The first kappa shape index (κ1) is 14.3. The zero-order valence-electron chi connectivity index (χ0n) is 13.2. The van der Waals surface area contributed by atoms with Crippen LogP contribution in [0.5, 0.6) is 0 Å². The van der Waals surface area contributed by atoms with Crippen LogP contribution in [0.3, 0.4) is 0 Å². The topological polar surface area (TPSA) is 23.5 Å². The van der Waals surface area contributed by atoms with Crippen LogP contribution in [0.15, 0.2) is 24.3 Å². The second kappa shape index (κ2) is 5.72. The minimum atomic E-state index is -0.909. The quantitative estimate of drug-likeness (QED) is 0.804. The number of rotatable bonds is 1. The maximum Gasteiger partial charge on any atom is 0.154 e. The molecule has 1 aromatic rings. The van der Waals surface area contributed by atoms with Crippen LogP contribution in [0, 0.1) is 17.8 Å². The molecule has 0 unspecified atom stereocenters. The van der Waals surface area contributed by atoms with Gasteiger partial charge in [0, 0.05) is 5.92 Å². The third-order valence-electron chi connectivity index (χ3n) is 5.85. The Kier molecular flexibility index (Phi) is 3.72. The van der Waals surface area contributed by atoms with E-state index in [0.717, 1.165) is 31.6 Å². The van der Waals surface area contributed by atoms with E-state index in [0.29, 0.717) is 11.8 Å². The number of aliphatic hydroxyl groups is 1. The molecule has 2 aliphatic carbocycles. The third kappa shape index (κ3) is 2.28. The Hall–Kier alpha value is -1.30. The van der Waals surface area contributed by atoms with E-state index in [1.54, 1.807) is 0 Å². The maximum atomic E-state index is 11.4. The van der Waals surface area contributed by atoms with Gasteiger partial charge >= 0.3 is 0 Å². The Balaban J connectivity index is 1.59. The lowest BCUT2D eigenvalue weighted by molar-refractivity contribution is 0.0449. The molecule has 1 saturated heterocycles. The van der Waals surface area contributed by atoms with Crippen LogP contribution in [-0.2, 0) is 5.60 Å². The Labute approximate surface area is 133 Å². The number of benzene rings is 1. The van der Waals surface area contributed by atoms with Crippen molar-refractivity contribution in [1.82, 2.24) is 4.90 Å². The molecule has 3 aliphatic rings. The standard InChI is InChI=1S/C20H25NO/c22-20(12-7-15-21-13-4-1-5-14-21)18-10-3-2-8-16(18)17-9-6-11-19(17)20/h2-3,8,10,17,19,22H,1,4-6,9,11,13-15H2/t17-,19+,20+/m1/s1. The smallest absolute Gasteiger partial charge is 0.154 e. The van der Waals surface area contributed by atoms with Crippen molar-refractivity contribution in [2.45, 2.75) is 50.0 Å². The molecule has 3 atom stereocenters. The molecule has 1 aliphatic heterocycles. The normalized spacial score (nSPS) is 33.9. The number of piperidine rings is 1. The highest BCUT2D eigenvalue weighted by Gasteiger charge is 2.51. The molecule has 0 bridgehead atoms. The van der Waals surface area contributed by atoms with E-state index < -0.39 is 5.60 Å². The zero-order valence-corrected chi connectivity index (χ0v) is 13.2. The summed E-state index contributed by atoms with van der Waals surface area (Å²) < 4.78 is 0. The van der Waals surface area contributed by atoms with E-state index in [2.05, 4.69) is 34.9 Å². The Morgan fingerprint density at radius 2 is 1.91 bits per heavy atom. The molecular weight excluding hydrogens is 270 g/mol. The molecule has 0 radical (unpaired) electrons. The van der Waals surface area contributed by atoms with Crippen LogP contribution >= 0.6 is 0 Å². The molecule has 4 rings (SSSR count). The predicted molar refractivity (Wildman–Crippen MR) is 88.5 cm³/mol. The molecule has 0 aromatic heterocycles. The van der Waals surface area contributed by atoms with Crippen molar-refractivity contribution in [3.05, 3.63) is 35.4 Å².